The molecule has 0 aromatic heterocycles. The lowest BCUT2D eigenvalue weighted by Crippen LogP contribution is -2.05. The fourth-order valence-electron chi connectivity index (χ4n) is 1.58. The molecule has 5 heteroatoms. The van der Waals surface area contributed by atoms with Crippen LogP contribution in [0.15, 0.2) is 42.5 Å². The molecule has 0 fully saturated rings. The highest BCUT2D eigenvalue weighted by Gasteiger charge is 2.12. The molecule has 0 spiro atoms. The molecule has 0 heterocycles. The van der Waals surface area contributed by atoms with Gasteiger partial charge in [0.2, 0.25) is 0 Å². The lowest BCUT2D eigenvalue weighted by Gasteiger charge is -2.09. The summed E-state index contributed by atoms with van der Waals surface area (Å²) in [5.74, 6) is -2.99. The van der Waals surface area contributed by atoms with E-state index in [0.29, 0.717) is 0 Å². The molecule has 0 unspecified atom stereocenters. The van der Waals surface area contributed by atoms with Gasteiger partial charge in [0.15, 0.2) is 11.6 Å². The van der Waals surface area contributed by atoms with Gasteiger partial charge < -0.3 is 9.84 Å². The fourth-order valence-corrected chi connectivity index (χ4v) is 1.58. The Morgan fingerprint density at radius 3 is 2.58 bits per heavy atom. The molecule has 2 aromatic carbocycles. The van der Waals surface area contributed by atoms with Crippen LogP contribution < -0.4 is 4.74 Å². The van der Waals surface area contributed by atoms with E-state index in [2.05, 4.69) is 0 Å². The van der Waals surface area contributed by atoms with Crippen LogP contribution in [0.3, 0.4) is 0 Å². The van der Waals surface area contributed by atoms with Crippen molar-refractivity contribution in [2.75, 3.05) is 0 Å². The SMILES string of the molecule is O=C(O)c1ccccc1OCc1cccc(F)c1F. The predicted octanol–water partition coefficient (Wildman–Crippen LogP) is 3.24. The number of hydrogen-bond acceptors (Lipinski definition) is 2. The van der Waals surface area contributed by atoms with E-state index in [9.17, 15) is 13.6 Å². The van der Waals surface area contributed by atoms with Crippen molar-refractivity contribution in [3.63, 3.8) is 0 Å². The van der Waals surface area contributed by atoms with E-state index in [1.165, 1.54) is 24.3 Å². The molecule has 0 bridgehead atoms. The molecule has 0 atom stereocenters. The summed E-state index contributed by atoms with van der Waals surface area (Å²) in [6.45, 7) is -0.242. The smallest absolute Gasteiger partial charge is 0.339 e. The minimum atomic E-state index is -1.14. The molecule has 0 saturated carbocycles. The summed E-state index contributed by atoms with van der Waals surface area (Å²) in [4.78, 5) is 10.9. The maximum Gasteiger partial charge on any atom is 0.339 e. The zero-order valence-electron chi connectivity index (χ0n) is 9.77. The van der Waals surface area contributed by atoms with Gasteiger partial charge in [-0.2, -0.15) is 0 Å². The van der Waals surface area contributed by atoms with E-state index in [4.69, 9.17) is 9.84 Å². The molecule has 0 amide bonds. The van der Waals surface area contributed by atoms with Gasteiger partial charge in [-0.25, -0.2) is 13.6 Å². The van der Waals surface area contributed by atoms with Crippen molar-refractivity contribution < 1.29 is 23.4 Å². The summed E-state index contributed by atoms with van der Waals surface area (Å²) >= 11 is 0. The Kier molecular flexibility index (Phi) is 3.75. The average molecular weight is 264 g/mol. The minimum Gasteiger partial charge on any atom is -0.488 e. The Hall–Kier alpha value is -2.43. The van der Waals surface area contributed by atoms with Crippen LogP contribution in [0.25, 0.3) is 0 Å². The van der Waals surface area contributed by atoms with Crippen LogP contribution in [0.1, 0.15) is 15.9 Å². The fraction of sp³-hybridized carbons (Fsp3) is 0.0714. The second-order valence-corrected chi connectivity index (χ2v) is 3.80. The highest BCUT2D eigenvalue weighted by molar-refractivity contribution is 5.90. The van der Waals surface area contributed by atoms with Gasteiger partial charge in [0.25, 0.3) is 0 Å². The van der Waals surface area contributed by atoms with Gasteiger partial charge in [0, 0.05) is 5.56 Å². The lowest BCUT2D eigenvalue weighted by atomic mass is 10.2. The van der Waals surface area contributed by atoms with Crippen molar-refractivity contribution in [3.05, 3.63) is 65.2 Å². The molecule has 0 saturated heterocycles. The van der Waals surface area contributed by atoms with E-state index < -0.39 is 17.6 Å². The molecule has 0 aliphatic heterocycles. The molecule has 1 N–H and O–H groups in total. The summed E-state index contributed by atoms with van der Waals surface area (Å²) in [5, 5.41) is 8.95. The lowest BCUT2D eigenvalue weighted by molar-refractivity contribution is 0.0691. The number of carbonyl (C=O) groups is 1. The molecular formula is C14H10F2O3. The van der Waals surface area contributed by atoms with Crippen molar-refractivity contribution >= 4 is 5.97 Å². The summed E-state index contributed by atoms with van der Waals surface area (Å²) in [5.41, 5.74) is -0.000460. The number of halogens is 2. The average Bonchev–Trinajstić information content (AvgIpc) is 2.40. The van der Waals surface area contributed by atoms with Crippen LogP contribution in [0.2, 0.25) is 0 Å². The number of ether oxygens (including phenoxy) is 1. The molecule has 0 aliphatic rings. The Labute approximate surface area is 108 Å². The zero-order chi connectivity index (χ0) is 13.8. The van der Waals surface area contributed by atoms with Crippen LogP contribution in [-0.2, 0) is 6.61 Å². The van der Waals surface area contributed by atoms with Crippen molar-refractivity contribution in [3.8, 4) is 5.75 Å². The maximum absolute atomic E-state index is 13.4. The highest BCUT2D eigenvalue weighted by atomic mass is 19.2. The largest absolute Gasteiger partial charge is 0.488 e. The quantitative estimate of drug-likeness (QED) is 0.922. The summed E-state index contributed by atoms with van der Waals surface area (Å²) in [6.07, 6.45) is 0. The van der Waals surface area contributed by atoms with Gasteiger partial charge in [0.05, 0.1) is 0 Å². The van der Waals surface area contributed by atoms with Crippen LogP contribution in [-0.4, -0.2) is 11.1 Å². The molecule has 0 aliphatic carbocycles. The monoisotopic (exact) mass is 264 g/mol. The summed E-state index contributed by atoms with van der Waals surface area (Å²) < 4.78 is 31.6. The van der Waals surface area contributed by atoms with Gasteiger partial charge in [0.1, 0.15) is 17.9 Å². The van der Waals surface area contributed by atoms with Crippen LogP contribution in [0, 0.1) is 11.6 Å². The van der Waals surface area contributed by atoms with E-state index in [1.807, 2.05) is 0 Å². The Balaban J connectivity index is 2.19. The van der Waals surface area contributed by atoms with Gasteiger partial charge >= 0.3 is 5.97 Å². The molecule has 2 aromatic rings. The van der Waals surface area contributed by atoms with Crippen molar-refractivity contribution in [2.45, 2.75) is 6.61 Å². The molecule has 0 radical (unpaired) electrons. The third kappa shape index (κ3) is 2.88. The minimum absolute atomic E-state index is 0.0280. The van der Waals surface area contributed by atoms with Crippen LogP contribution >= 0.6 is 0 Å². The number of benzene rings is 2. The maximum atomic E-state index is 13.4. The third-order valence-electron chi connectivity index (χ3n) is 2.53. The van der Waals surface area contributed by atoms with Crippen molar-refractivity contribution in [2.24, 2.45) is 0 Å². The molecule has 2 rings (SSSR count). The third-order valence-corrected chi connectivity index (χ3v) is 2.53. The van der Waals surface area contributed by atoms with Gasteiger partial charge in [-0.1, -0.05) is 24.3 Å². The number of carboxylic acids is 1. The van der Waals surface area contributed by atoms with E-state index in [0.717, 1.165) is 6.07 Å². The number of carboxylic acid groups (broad SMARTS) is 1. The van der Waals surface area contributed by atoms with E-state index in [1.54, 1.807) is 12.1 Å². The van der Waals surface area contributed by atoms with Gasteiger partial charge in [-0.3, -0.25) is 0 Å². The predicted molar refractivity (Wildman–Crippen MR) is 64.1 cm³/mol. The van der Waals surface area contributed by atoms with Crippen LogP contribution in [0.4, 0.5) is 8.78 Å². The molecular weight excluding hydrogens is 254 g/mol. The number of hydrogen-bond donors (Lipinski definition) is 1. The Bertz CT molecular complexity index is 611. The summed E-state index contributed by atoms with van der Waals surface area (Å²) in [6, 6.07) is 9.73. The first-order valence-corrected chi connectivity index (χ1v) is 5.47. The number of para-hydroxylation sites is 1. The molecule has 98 valence electrons. The number of aromatic carboxylic acids is 1. The van der Waals surface area contributed by atoms with Gasteiger partial charge in [-0.15, -0.1) is 0 Å². The second-order valence-electron chi connectivity index (χ2n) is 3.80. The standard InChI is InChI=1S/C14H10F2O3/c15-11-6-3-4-9(13(11)16)8-19-12-7-2-1-5-10(12)14(17)18/h1-7H,8H2,(H,17,18). The second kappa shape index (κ2) is 5.48. The highest BCUT2D eigenvalue weighted by Crippen LogP contribution is 2.20. The molecule has 19 heavy (non-hydrogen) atoms. The van der Waals surface area contributed by atoms with Crippen molar-refractivity contribution in [1.82, 2.24) is 0 Å². The Morgan fingerprint density at radius 2 is 1.84 bits per heavy atom. The van der Waals surface area contributed by atoms with Gasteiger partial charge in [-0.05, 0) is 18.2 Å². The normalized spacial score (nSPS) is 10.2. The zero-order valence-corrected chi connectivity index (χ0v) is 9.77. The number of rotatable bonds is 4. The first kappa shape index (κ1) is 13.0. The topological polar surface area (TPSA) is 46.5 Å². The Morgan fingerprint density at radius 1 is 1.11 bits per heavy atom. The van der Waals surface area contributed by atoms with Crippen LogP contribution in [0.5, 0.6) is 5.75 Å². The first-order chi connectivity index (χ1) is 9.09. The summed E-state index contributed by atoms with van der Waals surface area (Å²) in [7, 11) is 0. The first-order valence-electron chi connectivity index (χ1n) is 5.47. The molecule has 3 nitrogen and oxygen atoms in total. The van der Waals surface area contributed by atoms with E-state index >= 15 is 0 Å². The van der Waals surface area contributed by atoms with E-state index in [-0.39, 0.29) is 23.5 Å². The van der Waals surface area contributed by atoms with Crippen molar-refractivity contribution in [1.29, 1.82) is 0 Å².